The van der Waals surface area contributed by atoms with Crippen LogP contribution >= 0.6 is 0 Å². The van der Waals surface area contributed by atoms with Crippen LogP contribution in [0.25, 0.3) is 0 Å². The fourth-order valence-electron chi connectivity index (χ4n) is 3.41. The van der Waals surface area contributed by atoms with E-state index in [2.05, 4.69) is 11.4 Å². The molecule has 0 heterocycles. The monoisotopic (exact) mass is 380 g/mol. The second kappa shape index (κ2) is 10.1. The second-order valence-corrected chi connectivity index (χ2v) is 7.76. The van der Waals surface area contributed by atoms with Gasteiger partial charge in [-0.2, -0.15) is 0 Å². The number of carbonyl (C=O) groups is 2. The first-order valence-electron chi connectivity index (χ1n) is 10.0. The molecule has 0 spiro atoms. The highest BCUT2D eigenvalue weighted by Gasteiger charge is 2.29. The molecule has 0 aliphatic carbocycles. The first-order chi connectivity index (χ1) is 13.3. The number of carbonyl (C=O) groups excluding carboxylic acids is 2. The van der Waals surface area contributed by atoms with Gasteiger partial charge in [0.1, 0.15) is 6.04 Å². The Morgan fingerprint density at radius 2 is 1.54 bits per heavy atom. The van der Waals surface area contributed by atoms with Crippen LogP contribution in [0.15, 0.2) is 48.5 Å². The van der Waals surface area contributed by atoms with Crippen molar-refractivity contribution >= 4 is 11.8 Å². The van der Waals surface area contributed by atoms with Gasteiger partial charge >= 0.3 is 0 Å². The fraction of sp³-hybridized carbons (Fsp3) is 0.417. The van der Waals surface area contributed by atoms with Gasteiger partial charge in [0.15, 0.2) is 0 Å². The summed E-state index contributed by atoms with van der Waals surface area (Å²) in [6.07, 6.45) is 0.864. The quantitative estimate of drug-likeness (QED) is 0.747. The number of nitrogens with zero attached hydrogens (tertiary/aromatic N) is 1. The molecule has 1 atom stereocenters. The fourth-order valence-corrected chi connectivity index (χ4v) is 3.41. The average Bonchev–Trinajstić information content (AvgIpc) is 2.61. The highest BCUT2D eigenvalue weighted by atomic mass is 16.2. The van der Waals surface area contributed by atoms with Gasteiger partial charge in [-0.25, -0.2) is 0 Å². The number of hydrogen-bond acceptors (Lipinski definition) is 2. The molecule has 0 unspecified atom stereocenters. The molecule has 1 N–H and O–H groups in total. The lowest BCUT2D eigenvalue weighted by molar-refractivity contribution is -0.141. The van der Waals surface area contributed by atoms with E-state index in [9.17, 15) is 9.59 Å². The topological polar surface area (TPSA) is 49.4 Å². The molecule has 2 aromatic carbocycles. The van der Waals surface area contributed by atoms with Gasteiger partial charge in [-0.15, -0.1) is 0 Å². The molecule has 28 heavy (non-hydrogen) atoms. The van der Waals surface area contributed by atoms with E-state index in [1.54, 1.807) is 4.90 Å². The third-order valence-electron chi connectivity index (χ3n) is 4.69. The largest absolute Gasteiger partial charge is 0.352 e. The number of nitrogens with one attached hydrogen (secondary N) is 1. The number of hydrogen-bond donors (Lipinski definition) is 1. The van der Waals surface area contributed by atoms with Gasteiger partial charge in [-0.05, 0) is 45.2 Å². The lowest BCUT2D eigenvalue weighted by atomic mass is 10.0. The number of amides is 2. The maximum absolute atomic E-state index is 13.2. The first kappa shape index (κ1) is 21.7. The molecule has 0 saturated heterocycles. The Morgan fingerprint density at radius 3 is 2.07 bits per heavy atom. The van der Waals surface area contributed by atoms with Gasteiger partial charge in [0.05, 0.1) is 6.42 Å². The van der Waals surface area contributed by atoms with Gasteiger partial charge in [-0.1, -0.05) is 66.6 Å². The van der Waals surface area contributed by atoms with Crippen molar-refractivity contribution in [2.24, 2.45) is 0 Å². The van der Waals surface area contributed by atoms with E-state index >= 15 is 0 Å². The Labute approximate surface area is 169 Å². The van der Waals surface area contributed by atoms with E-state index in [0.29, 0.717) is 19.4 Å². The predicted molar refractivity (Wildman–Crippen MR) is 114 cm³/mol. The van der Waals surface area contributed by atoms with Crippen molar-refractivity contribution in [1.29, 1.82) is 0 Å². The van der Waals surface area contributed by atoms with Gasteiger partial charge in [0.25, 0.3) is 0 Å². The molecule has 2 rings (SSSR count). The summed E-state index contributed by atoms with van der Waals surface area (Å²) >= 11 is 0. The molecule has 0 aliphatic rings. The Balaban J connectivity index is 2.30. The molecule has 0 fully saturated rings. The number of rotatable bonds is 8. The molecule has 4 nitrogen and oxygen atoms in total. The number of aryl methyl sites for hydroxylation is 2. The third-order valence-corrected chi connectivity index (χ3v) is 4.69. The van der Waals surface area contributed by atoms with Crippen LogP contribution in [0, 0.1) is 13.8 Å². The normalized spacial score (nSPS) is 11.9. The molecular weight excluding hydrogens is 348 g/mol. The van der Waals surface area contributed by atoms with Crippen molar-refractivity contribution in [3.8, 4) is 0 Å². The lowest BCUT2D eigenvalue weighted by Crippen LogP contribution is -2.50. The Morgan fingerprint density at radius 1 is 0.964 bits per heavy atom. The van der Waals surface area contributed by atoms with E-state index in [1.165, 1.54) is 0 Å². The Hall–Kier alpha value is -2.62. The predicted octanol–water partition coefficient (Wildman–Crippen LogP) is 4.18. The highest BCUT2D eigenvalue weighted by molar-refractivity contribution is 5.88. The van der Waals surface area contributed by atoms with E-state index in [-0.39, 0.29) is 17.9 Å². The van der Waals surface area contributed by atoms with Crippen LogP contribution in [-0.2, 0) is 22.6 Å². The second-order valence-electron chi connectivity index (χ2n) is 7.76. The molecule has 0 radical (unpaired) electrons. The summed E-state index contributed by atoms with van der Waals surface area (Å²) in [5.74, 6) is -0.124. The summed E-state index contributed by atoms with van der Waals surface area (Å²) in [6.45, 7) is 10.3. The highest BCUT2D eigenvalue weighted by Crippen LogP contribution is 2.16. The maximum atomic E-state index is 13.2. The van der Waals surface area contributed by atoms with E-state index in [1.807, 2.05) is 77.1 Å². The molecule has 2 amide bonds. The van der Waals surface area contributed by atoms with Crippen LogP contribution < -0.4 is 5.32 Å². The Kier molecular flexibility index (Phi) is 7.80. The van der Waals surface area contributed by atoms with E-state index < -0.39 is 6.04 Å². The molecule has 4 heteroatoms. The smallest absolute Gasteiger partial charge is 0.243 e. The molecule has 0 bridgehead atoms. The molecule has 2 aromatic rings. The lowest BCUT2D eigenvalue weighted by Gasteiger charge is -2.31. The van der Waals surface area contributed by atoms with Crippen molar-refractivity contribution in [2.75, 3.05) is 0 Å². The molecule has 0 saturated carbocycles. The van der Waals surface area contributed by atoms with Crippen LogP contribution in [0.5, 0.6) is 0 Å². The maximum Gasteiger partial charge on any atom is 0.243 e. The minimum absolute atomic E-state index is 0.0298. The SMILES string of the molecule is CC[C@H](C(=O)NC(C)C)N(Cc1cccc(C)c1)C(=O)Cc1cccc(C)c1. The Bertz CT molecular complexity index is 814. The van der Waals surface area contributed by atoms with Gasteiger partial charge in [-0.3, -0.25) is 9.59 Å². The van der Waals surface area contributed by atoms with Crippen molar-refractivity contribution in [1.82, 2.24) is 10.2 Å². The molecule has 0 aliphatic heterocycles. The van der Waals surface area contributed by atoms with Crippen molar-refractivity contribution in [3.05, 3.63) is 70.8 Å². The zero-order valence-corrected chi connectivity index (χ0v) is 17.7. The summed E-state index contributed by atoms with van der Waals surface area (Å²) in [5.41, 5.74) is 4.27. The number of benzene rings is 2. The summed E-state index contributed by atoms with van der Waals surface area (Å²) in [5, 5.41) is 2.97. The molecule has 150 valence electrons. The van der Waals surface area contributed by atoms with Crippen LogP contribution in [0.3, 0.4) is 0 Å². The van der Waals surface area contributed by atoms with Crippen molar-refractivity contribution in [3.63, 3.8) is 0 Å². The summed E-state index contributed by atoms with van der Waals surface area (Å²) in [4.78, 5) is 27.8. The van der Waals surface area contributed by atoms with E-state index in [4.69, 9.17) is 0 Å². The standard InChI is InChI=1S/C24H32N2O2/c1-6-22(24(28)25-17(2)3)26(16-21-12-8-10-19(5)14-21)23(27)15-20-11-7-9-18(4)13-20/h7-14,17,22H,6,15-16H2,1-5H3,(H,25,28)/t22-/m1/s1. The summed E-state index contributed by atoms with van der Waals surface area (Å²) < 4.78 is 0. The first-order valence-corrected chi connectivity index (χ1v) is 10.0. The van der Waals surface area contributed by atoms with Gasteiger partial charge in [0.2, 0.25) is 11.8 Å². The van der Waals surface area contributed by atoms with Crippen molar-refractivity contribution < 1.29 is 9.59 Å². The zero-order valence-electron chi connectivity index (χ0n) is 17.7. The van der Waals surface area contributed by atoms with Gasteiger partial charge < -0.3 is 10.2 Å². The average molecular weight is 381 g/mol. The van der Waals surface area contributed by atoms with Crippen LogP contribution in [0.2, 0.25) is 0 Å². The van der Waals surface area contributed by atoms with Crippen LogP contribution in [-0.4, -0.2) is 28.8 Å². The van der Waals surface area contributed by atoms with E-state index in [0.717, 1.165) is 22.3 Å². The van der Waals surface area contributed by atoms with Crippen molar-refractivity contribution in [2.45, 2.75) is 66.1 Å². The zero-order chi connectivity index (χ0) is 20.7. The summed E-state index contributed by atoms with van der Waals surface area (Å²) in [7, 11) is 0. The van der Waals surface area contributed by atoms with Crippen LogP contribution in [0.1, 0.15) is 49.4 Å². The molecular formula is C24H32N2O2. The minimum Gasteiger partial charge on any atom is -0.352 e. The van der Waals surface area contributed by atoms with Crippen LogP contribution in [0.4, 0.5) is 0 Å². The summed E-state index contributed by atoms with van der Waals surface area (Å²) in [6, 6.07) is 15.6. The van der Waals surface area contributed by atoms with Gasteiger partial charge in [0, 0.05) is 12.6 Å². The molecule has 0 aromatic heterocycles. The minimum atomic E-state index is -0.486. The third kappa shape index (κ3) is 6.22.